The molecule has 5 rings (SSSR count). The number of fused-ring (bicyclic) bond motifs is 3. The van der Waals surface area contributed by atoms with E-state index in [0.717, 1.165) is 29.3 Å². The second kappa shape index (κ2) is 10.2. The van der Waals surface area contributed by atoms with Gasteiger partial charge in [-0.3, -0.25) is 9.69 Å². The summed E-state index contributed by atoms with van der Waals surface area (Å²) >= 11 is 0. The molecule has 1 aromatic carbocycles. The lowest BCUT2D eigenvalue weighted by atomic mass is 9.85. The number of anilines is 1. The van der Waals surface area contributed by atoms with Crippen LogP contribution in [-0.4, -0.2) is 52.0 Å². The molecule has 2 aromatic heterocycles. The molecule has 202 valence electrons. The fraction of sp³-hybridized carbons (Fsp3) is 0.481. The molecular formula is C27H30F2N4O5. The number of benzene rings is 1. The minimum Gasteiger partial charge on any atom is -0.490 e. The number of carboxylic acids is 1. The maximum atomic E-state index is 14.5. The third-order valence-electron chi connectivity index (χ3n) is 7.79. The number of amides is 1. The first kappa shape index (κ1) is 25.9. The van der Waals surface area contributed by atoms with E-state index in [-0.39, 0.29) is 24.2 Å². The van der Waals surface area contributed by atoms with Crippen LogP contribution in [0.25, 0.3) is 11.0 Å². The van der Waals surface area contributed by atoms with Crippen molar-refractivity contribution < 1.29 is 33.0 Å². The SMILES string of the molecule is COC(=O)N1c2ccc3c(nc(Cc4cc(F)c(OC)c(F)n4)n3C3CCC(C(=O)O)CC3)c2CC[C@@H]1C. The van der Waals surface area contributed by atoms with E-state index in [2.05, 4.69) is 9.55 Å². The van der Waals surface area contributed by atoms with Crippen molar-refractivity contribution in [1.82, 2.24) is 14.5 Å². The monoisotopic (exact) mass is 528 g/mol. The molecule has 0 spiro atoms. The summed E-state index contributed by atoms with van der Waals surface area (Å²) in [7, 11) is 2.53. The number of halogens is 2. The highest BCUT2D eigenvalue weighted by molar-refractivity contribution is 5.95. The Bertz CT molecular complexity index is 1380. The topological polar surface area (TPSA) is 107 Å². The van der Waals surface area contributed by atoms with Crippen LogP contribution in [0.1, 0.15) is 62.2 Å². The van der Waals surface area contributed by atoms with Gasteiger partial charge >= 0.3 is 12.1 Å². The van der Waals surface area contributed by atoms with Crippen molar-refractivity contribution in [2.45, 2.75) is 64.0 Å². The normalized spacial score (nSPS) is 21.3. The zero-order valence-corrected chi connectivity index (χ0v) is 21.5. The lowest BCUT2D eigenvalue weighted by Gasteiger charge is -2.34. The number of imidazole rings is 1. The van der Waals surface area contributed by atoms with Crippen LogP contribution in [0.15, 0.2) is 18.2 Å². The number of nitrogens with zero attached hydrogens (tertiary/aromatic N) is 4. The van der Waals surface area contributed by atoms with Gasteiger partial charge in [-0.15, -0.1) is 0 Å². The summed E-state index contributed by atoms with van der Waals surface area (Å²) in [6.45, 7) is 1.97. The highest BCUT2D eigenvalue weighted by Gasteiger charge is 2.34. The molecule has 11 heteroatoms. The van der Waals surface area contributed by atoms with Crippen LogP contribution in [-0.2, 0) is 22.4 Å². The molecule has 0 radical (unpaired) electrons. The largest absolute Gasteiger partial charge is 0.490 e. The Kier molecular flexibility index (Phi) is 6.93. The molecule has 3 aromatic rings. The standard InChI is InChI=1S/C27H30F2N4O5/c1-14-4-9-18-20(32(14)27(36)38-3)10-11-21-23(18)31-22(13-16-12-19(28)24(37-2)25(29)30-16)33(21)17-7-5-15(6-8-17)26(34)35/h10-12,14-15,17H,4-9,13H2,1-3H3,(H,34,35)/t14-,15?,17?/m0/s1. The Balaban J connectivity index is 1.62. The number of rotatable bonds is 5. The van der Waals surface area contributed by atoms with Crippen LogP contribution < -0.4 is 9.64 Å². The van der Waals surface area contributed by atoms with Crippen LogP contribution in [0.5, 0.6) is 5.75 Å². The van der Waals surface area contributed by atoms with Crippen LogP contribution in [0.4, 0.5) is 19.3 Å². The molecule has 1 atom stereocenters. The maximum absolute atomic E-state index is 14.5. The molecule has 38 heavy (non-hydrogen) atoms. The minimum atomic E-state index is -1.03. The molecule has 1 aliphatic carbocycles. The number of pyridine rings is 1. The average Bonchev–Trinajstić information content (AvgIpc) is 3.26. The fourth-order valence-electron chi connectivity index (χ4n) is 5.89. The number of carbonyl (C=O) groups excluding carboxylic acids is 1. The lowest BCUT2D eigenvalue weighted by molar-refractivity contribution is -0.143. The van der Waals surface area contributed by atoms with E-state index < -0.39 is 35.5 Å². The number of aryl methyl sites for hydroxylation is 1. The Morgan fingerprint density at radius 1 is 1.11 bits per heavy atom. The summed E-state index contributed by atoms with van der Waals surface area (Å²) in [5.41, 5.74) is 3.36. The van der Waals surface area contributed by atoms with Gasteiger partial charge in [0, 0.05) is 24.1 Å². The summed E-state index contributed by atoms with van der Waals surface area (Å²) < 4.78 is 40.7. The molecule has 0 bridgehead atoms. The number of hydrogen-bond donors (Lipinski definition) is 1. The number of aromatic nitrogens is 3. The third-order valence-corrected chi connectivity index (χ3v) is 7.79. The summed E-state index contributed by atoms with van der Waals surface area (Å²) in [6, 6.07) is 4.86. The van der Waals surface area contributed by atoms with E-state index >= 15 is 0 Å². The number of ether oxygens (including phenoxy) is 2. The van der Waals surface area contributed by atoms with Gasteiger partial charge in [0.15, 0.2) is 5.82 Å². The predicted octanol–water partition coefficient (Wildman–Crippen LogP) is 5.03. The van der Waals surface area contributed by atoms with Crippen LogP contribution >= 0.6 is 0 Å². The zero-order chi connectivity index (χ0) is 27.1. The summed E-state index contributed by atoms with van der Waals surface area (Å²) in [6.07, 6.45) is 3.38. The van der Waals surface area contributed by atoms with Crippen molar-refractivity contribution in [3.63, 3.8) is 0 Å². The van der Waals surface area contributed by atoms with Crippen LogP contribution in [0.3, 0.4) is 0 Å². The molecular weight excluding hydrogens is 498 g/mol. The Labute approximate surface area is 218 Å². The van der Waals surface area contributed by atoms with Gasteiger partial charge in [0.05, 0.1) is 42.6 Å². The third kappa shape index (κ3) is 4.43. The second-order valence-electron chi connectivity index (χ2n) is 10.00. The molecule has 1 aliphatic heterocycles. The first-order valence-corrected chi connectivity index (χ1v) is 12.7. The smallest absolute Gasteiger partial charge is 0.414 e. The Morgan fingerprint density at radius 2 is 1.84 bits per heavy atom. The fourth-order valence-corrected chi connectivity index (χ4v) is 5.89. The van der Waals surface area contributed by atoms with Gasteiger partial charge < -0.3 is 19.1 Å². The van der Waals surface area contributed by atoms with Crippen molar-refractivity contribution in [2.24, 2.45) is 5.92 Å². The molecule has 1 fully saturated rings. The first-order chi connectivity index (χ1) is 18.2. The van der Waals surface area contributed by atoms with Crippen molar-refractivity contribution >= 4 is 28.8 Å². The van der Waals surface area contributed by atoms with E-state index in [0.29, 0.717) is 43.4 Å². The molecule has 3 heterocycles. The van der Waals surface area contributed by atoms with E-state index in [1.54, 1.807) is 4.90 Å². The highest BCUT2D eigenvalue weighted by atomic mass is 19.1. The highest BCUT2D eigenvalue weighted by Crippen LogP contribution is 2.40. The molecule has 1 N–H and O–H groups in total. The van der Waals surface area contributed by atoms with E-state index in [9.17, 15) is 23.5 Å². The lowest BCUT2D eigenvalue weighted by Crippen LogP contribution is -2.42. The van der Waals surface area contributed by atoms with Crippen LogP contribution in [0.2, 0.25) is 0 Å². The summed E-state index contributed by atoms with van der Waals surface area (Å²) in [4.78, 5) is 34.6. The van der Waals surface area contributed by atoms with E-state index in [1.807, 2.05) is 19.1 Å². The Morgan fingerprint density at radius 3 is 2.47 bits per heavy atom. The number of methoxy groups -OCH3 is 2. The zero-order valence-electron chi connectivity index (χ0n) is 21.5. The first-order valence-electron chi connectivity index (χ1n) is 12.7. The van der Waals surface area contributed by atoms with Gasteiger partial charge in [0.1, 0.15) is 5.82 Å². The number of aliphatic carboxylic acids is 1. The van der Waals surface area contributed by atoms with E-state index in [1.165, 1.54) is 14.2 Å². The summed E-state index contributed by atoms with van der Waals surface area (Å²) in [5.74, 6) is -3.03. The minimum absolute atomic E-state index is 0.0317. The number of carboxylic acid groups (broad SMARTS) is 1. The van der Waals surface area contributed by atoms with Gasteiger partial charge in [-0.2, -0.15) is 4.39 Å². The van der Waals surface area contributed by atoms with Crippen LogP contribution in [0, 0.1) is 17.7 Å². The summed E-state index contributed by atoms with van der Waals surface area (Å²) in [5, 5.41) is 9.46. The predicted molar refractivity (Wildman–Crippen MR) is 135 cm³/mol. The van der Waals surface area contributed by atoms with Crippen molar-refractivity contribution in [3.05, 3.63) is 47.0 Å². The Hall–Kier alpha value is -3.76. The van der Waals surface area contributed by atoms with E-state index in [4.69, 9.17) is 14.5 Å². The van der Waals surface area contributed by atoms with Crippen molar-refractivity contribution in [1.29, 1.82) is 0 Å². The van der Waals surface area contributed by atoms with Gasteiger partial charge in [-0.05, 0) is 63.6 Å². The van der Waals surface area contributed by atoms with Gasteiger partial charge in [-0.1, -0.05) is 0 Å². The van der Waals surface area contributed by atoms with Gasteiger partial charge in [-0.25, -0.2) is 19.2 Å². The molecule has 0 unspecified atom stereocenters. The molecule has 1 saturated carbocycles. The van der Waals surface area contributed by atoms with Gasteiger partial charge in [0.2, 0.25) is 5.75 Å². The molecule has 9 nitrogen and oxygen atoms in total. The number of carbonyl (C=O) groups is 2. The van der Waals surface area contributed by atoms with Crippen molar-refractivity contribution in [2.75, 3.05) is 19.1 Å². The second-order valence-corrected chi connectivity index (χ2v) is 10.00. The van der Waals surface area contributed by atoms with Crippen molar-refractivity contribution in [3.8, 4) is 5.75 Å². The average molecular weight is 529 g/mol. The van der Waals surface area contributed by atoms with Gasteiger partial charge in [0.25, 0.3) is 5.95 Å². The molecule has 0 saturated heterocycles. The maximum Gasteiger partial charge on any atom is 0.414 e. The molecule has 1 amide bonds. The molecule has 2 aliphatic rings. The number of hydrogen-bond acceptors (Lipinski definition) is 6. The quantitative estimate of drug-likeness (QED) is 0.463.